The minimum atomic E-state index is -1.43. The van der Waals surface area contributed by atoms with Gasteiger partial charge in [0.05, 0.1) is 33.5 Å². The maximum Gasteiger partial charge on any atom is 0.375 e. The first-order chi connectivity index (χ1) is 17.3. The Bertz CT molecular complexity index is 1410. The first-order valence-corrected chi connectivity index (χ1v) is 12.8. The van der Waals surface area contributed by atoms with Crippen LogP contribution in [-0.4, -0.2) is 80.5 Å². The van der Waals surface area contributed by atoms with Gasteiger partial charge in [0.2, 0.25) is 5.76 Å². The molecule has 0 bridgehead atoms. The van der Waals surface area contributed by atoms with E-state index in [0.29, 0.717) is 10.3 Å². The lowest BCUT2D eigenvalue weighted by molar-refractivity contribution is -0.160. The zero-order chi connectivity index (χ0) is 25.3. The average molecular weight is 526 g/mol. The average Bonchev–Trinajstić information content (AvgIpc) is 3.52. The van der Waals surface area contributed by atoms with Gasteiger partial charge in [0.1, 0.15) is 6.61 Å². The van der Waals surface area contributed by atoms with Crippen LogP contribution in [0.4, 0.5) is 0 Å². The highest BCUT2D eigenvalue weighted by Crippen LogP contribution is 2.45. The Morgan fingerprint density at radius 1 is 1.06 bits per heavy atom. The number of para-hydroxylation sites is 4. The molecule has 2 aromatic heterocycles. The molecule has 1 aliphatic heterocycles. The van der Waals surface area contributed by atoms with Crippen LogP contribution in [0, 0.1) is 0 Å². The number of benzene rings is 2. The minimum Gasteiger partial charge on any atom is -0.501 e. The van der Waals surface area contributed by atoms with Crippen LogP contribution < -0.4 is 0 Å². The third kappa shape index (κ3) is 4.92. The van der Waals surface area contributed by atoms with Crippen molar-refractivity contribution in [2.24, 2.45) is 0 Å². The van der Waals surface area contributed by atoms with Gasteiger partial charge in [-0.25, -0.2) is 14.8 Å². The van der Waals surface area contributed by atoms with Crippen molar-refractivity contribution in [2.45, 2.75) is 15.9 Å². The molecule has 3 heterocycles. The van der Waals surface area contributed by atoms with Gasteiger partial charge in [-0.15, -0.1) is 0 Å². The van der Waals surface area contributed by atoms with Gasteiger partial charge < -0.3 is 24.5 Å². The van der Waals surface area contributed by atoms with Gasteiger partial charge in [-0.2, -0.15) is 0 Å². The summed E-state index contributed by atoms with van der Waals surface area (Å²) in [5, 5.41) is 11.8. The number of thioether (sulfide) groups is 2. The van der Waals surface area contributed by atoms with E-state index in [-0.39, 0.29) is 23.8 Å². The number of rotatable bonds is 9. The summed E-state index contributed by atoms with van der Waals surface area (Å²) < 4.78 is 11.2. The van der Waals surface area contributed by atoms with Crippen LogP contribution in [0.3, 0.4) is 0 Å². The molecular weight excluding hydrogens is 502 g/mol. The van der Waals surface area contributed by atoms with Gasteiger partial charge in [0.25, 0.3) is 0 Å². The predicted molar refractivity (Wildman–Crippen MR) is 137 cm³/mol. The number of nitrogens with zero attached hydrogens (tertiary/aromatic N) is 3. The second-order valence-electron chi connectivity index (χ2n) is 8.47. The van der Waals surface area contributed by atoms with Crippen LogP contribution in [0.2, 0.25) is 0 Å². The molecule has 0 saturated carbocycles. The van der Waals surface area contributed by atoms with Crippen molar-refractivity contribution in [3.05, 3.63) is 59.2 Å². The van der Waals surface area contributed by atoms with Crippen LogP contribution in [0.15, 0.2) is 69.5 Å². The fourth-order valence-electron chi connectivity index (χ4n) is 3.71. The molecule has 0 amide bonds. The Balaban J connectivity index is 1.45. The highest BCUT2D eigenvalue weighted by molar-refractivity contribution is 8.03. The molecule has 10 nitrogen and oxygen atoms in total. The number of aromatic amines is 2. The molecule has 36 heavy (non-hydrogen) atoms. The lowest BCUT2D eigenvalue weighted by atomic mass is 10.1. The molecule has 1 unspecified atom stereocenters. The number of ether oxygens (including phenoxy) is 2. The summed E-state index contributed by atoms with van der Waals surface area (Å²) in [6, 6.07) is 15.1. The number of fused-ring (bicyclic) bond motifs is 2. The van der Waals surface area contributed by atoms with Gasteiger partial charge in [0, 0.05) is 5.75 Å². The van der Waals surface area contributed by atoms with E-state index in [1.54, 1.807) is 19.0 Å². The van der Waals surface area contributed by atoms with E-state index in [4.69, 9.17) is 9.47 Å². The lowest BCUT2D eigenvalue weighted by Gasteiger charge is -2.29. The molecule has 4 aromatic rings. The first-order valence-electron chi connectivity index (χ1n) is 11.0. The van der Waals surface area contributed by atoms with E-state index in [2.05, 4.69) is 19.9 Å². The molecule has 0 aliphatic carbocycles. The normalized spacial score (nSPS) is 17.9. The van der Waals surface area contributed by atoms with Crippen LogP contribution in [0.25, 0.3) is 22.1 Å². The maximum absolute atomic E-state index is 12.6. The Morgan fingerprint density at radius 2 is 1.67 bits per heavy atom. The van der Waals surface area contributed by atoms with Crippen molar-refractivity contribution < 1.29 is 24.2 Å². The molecule has 0 saturated heterocycles. The van der Waals surface area contributed by atoms with Gasteiger partial charge >= 0.3 is 11.9 Å². The number of imidazole rings is 2. The number of aromatic nitrogens is 4. The number of carbonyl (C=O) groups excluding carboxylic acids is 2. The summed E-state index contributed by atoms with van der Waals surface area (Å²) in [5.41, 5.74) is 1.78. The number of cyclic esters (lactones) is 1. The molecule has 2 aromatic carbocycles. The quantitative estimate of drug-likeness (QED) is 0.220. The molecular formula is C24H23N5O5S2. The third-order valence-electron chi connectivity index (χ3n) is 5.40. The fraction of sp³-hybridized carbons (Fsp3) is 0.250. The molecule has 3 N–H and O–H groups in total. The van der Waals surface area contributed by atoms with Crippen molar-refractivity contribution in [2.75, 3.05) is 33.0 Å². The monoisotopic (exact) mass is 525 g/mol. The zero-order valence-corrected chi connectivity index (χ0v) is 21.1. The smallest absolute Gasteiger partial charge is 0.375 e. The van der Waals surface area contributed by atoms with Crippen LogP contribution in [-0.2, 0) is 19.1 Å². The molecule has 186 valence electrons. The van der Waals surface area contributed by atoms with Crippen LogP contribution in [0.5, 0.6) is 0 Å². The highest BCUT2D eigenvalue weighted by Gasteiger charge is 2.50. The van der Waals surface area contributed by atoms with Crippen molar-refractivity contribution >= 4 is 57.5 Å². The zero-order valence-electron chi connectivity index (χ0n) is 19.5. The van der Waals surface area contributed by atoms with E-state index in [0.717, 1.165) is 33.8 Å². The van der Waals surface area contributed by atoms with Crippen LogP contribution >= 0.6 is 23.5 Å². The molecule has 5 rings (SSSR count). The maximum atomic E-state index is 12.6. The number of esters is 2. The van der Waals surface area contributed by atoms with Crippen molar-refractivity contribution in [1.82, 2.24) is 24.8 Å². The van der Waals surface area contributed by atoms with E-state index < -0.39 is 23.3 Å². The predicted octanol–water partition coefficient (Wildman–Crippen LogP) is 3.49. The number of nitrogens with one attached hydrogen (secondary N) is 2. The number of hydrogen-bond acceptors (Lipinski definition) is 10. The largest absolute Gasteiger partial charge is 0.501 e. The summed E-state index contributed by atoms with van der Waals surface area (Å²) in [7, 11) is 3.50. The minimum absolute atomic E-state index is 0.0580. The molecule has 0 fully saturated rings. The van der Waals surface area contributed by atoms with Gasteiger partial charge in [-0.3, -0.25) is 9.69 Å². The van der Waals surface area contributed by atoms with E-state index >= 15 is 0 Å². The summed E-state index contributed by atoms with van der Waals surface area (Å²) >= 11 is 2.37. The summed E-state index contributed by atoms with van der Waals surface area (Å²) in [4.78, 5) is 42.3. The number of hydrogen-bond donors (Lipinski definition) is 3. The Morgan fingerprint density at radius 3 is 2.31 bits per heavy atom. The second kappa shape index (κ2) is 9.88. The summed E-state index contributed by atoms with van der Waals surface area (Å²) in [5.74, 6) is -1.76. The lowest BCUT2D eigenvalue weighted by Crippen LogP contribution is -2.41. The van der Waals surface area contributed by atoms with Gasteiger partial charge in [0.15, 0.2) is 15.9 Å². The Kier molecular flexibility index (Phi) is 6.65. The summed E-state index contributed by atoms with van der Waals surface area (Å²) in [6.45, 7) is -0.215. The van der Waals surface area contributed by atoms with Crippen LogP contribution in [0.1, 0.15) is 0 Å². The SMILES string of the molecule is CN(C)CC(=O)OCC1(CSc2nc3ccccc3[nH]2)OC(=O)C(O)=C1Sc1nc2ccccc2[nH]1. The third-order valence-corrected chi connectivity index (χ3v) is 7.63. The standard InChI is InChI=1S/C24H23N5O5S2/c1-29(2)11-18(30)33-12-24(13-35-22-25-14-7-3-4-8-15(14)26-22)20(19(31)21(32)34-24)36-23-27-16-9-5-6-10-17(16)28-23/h3-10,31H,11-13H2,1-2H3,(H,25,26)(H,27,28). The van der Waals surface area contributed by atoms with Crippen molar-refractivity contribution in [3.63, 3.8) is 0 Å². The molecule has 0 spiro atoms. The van der Waals surface area contributed by atoms with Crippen molar-refractivity contribution in [1.29, 1.82) is 0 Å². The number of aliphatic hydroxyl groups is 1. The highest BCUT2D eigenvalue weighted by atomic mass is 32.2. The molecule has 1 aliphatic rings. The summed E-state index contributed by atoms with van der Waals surface area (Å²) in [6.07, 6.45) is 0. The second-order valence-corrected chi connectivity index (χ2v) is 10.4. The Hall–Kier alpha value is -3.48. The van der Waals surface area contributed by atoms with Gasteiger partial charge in [-0.1, -0.05) is 36.0 Å². The number of aliphatic hydroxyl groups excluding tert-OH is 1. The van der Waals surface area contributed by atoms with Crippen molar-refractivity contribution in [3.8, 4) is 0 Å². The molecule has 0 radical (unpaired) electrons. The topological polar surface area (TPSA) is 133 Å². The Labute approximate surface area is 214 Å². The number of likely N-dealkylation sites (N-methyl/N-ethyl adjacent to an activating group) is 1. The molecule has 12 heteroatoms. The molecule has 1 atom stereocenters. The van der Waals surface area contributed by atoms with Gasteiger partial charge in [-0.05, 0) is 50.1 Å². The van der Waals surface area contributed by atoms with E-state index in [1.807, 2.05) is 48.5 Å². The van der Waals surface area contributed by atoms with E-state index in [9.17, 15) is 14.7 Å². The number of carbonyl (C=O) groups is 2. The number of H-pyrrole nitrogens is 2. The van der Waals surface area contributed by atoms with E-state index in [1.165, 1.54) is 11.8 Å². The fourth-order valence-corrected chi connectivity index (χ4v) is 5.84. The first kappa shape index (κ1) is 24.2.